The molecule has 0 aliphatic carbocycles. The van der Waals surface area contributed by atoms with Crippen molar-refractivity contribution in [3.63, 3.8) is 0 Å². The summed E-state index contributed by atoms with van der Waals surface area (Å²) in [5, 5.41) is 9.88. The number of halogens is 3. The lowest BCUT2D eigenvalue weighted by Crippen LogP contribution is -2.06. The Morgan fingerprint density at radius 1 is 1.09 bits per heavy atom. The Labute approximate surface area is 133 Å². The third kappa shape index (κ3) is 4.99. The number of benzene rings is 2. The summed E-state index contributed by atoms with van der Waals surface area (Å²) >= 11 is 0. The van der Waals surface area contributed by atoms with Crippen LogP contribution in [0.2, 0.25) is 0 Å². The second-order valence-electron chi connectivity index (χ2n) is 5.36. The van der Waals surface area contributed by atoms with Crippen molar-refractivity contribution in [3.8, 4) is 5.75 Å². The molecule has 0 heterocycles. The molecule has 0 amide bonds. The fraction of sp³-hybridized carbons (Fsp3) is 0.333. The summed E-state index contributed by atoms with van der Waals surface area (Å²) in [5.41, 5.74) is 0.574. The van der Waals surface area contributed by atoms with Gasteiger partial charge in [0.15, 0.2) is 0 Å². The first-order valence-electron chi connectivity index (χ1n) is 7.47. The smallest absolute Gasteiger partial charge is 0.416 e. The van der Waals surface area contributed by atoms with E-state index in [1.54, 1.807) is 30.3 Å². The van der Waals surface area contributed by atoms with Gasteiger partial charge in [-0.3, -0.25) is 0 Å². The molecule has 124 valence electrons. The van der Waals surface area contributed by atoms with Crippen LogP contribution in [-0.4, -0.2) is 5.11 Å². The van der Waals surface area contributed by atoms with Crippen molar-refractivity contribution in [2.45, 2.75) is 38.7 Å². The first-order chi connectivity index (χ1) is 10.9. The Morgan fingerprint density at radius 2 is 1.78 bits per heavy atom. The summed E-state index contributed by atoms with van der Waals surface area (Å²) in [4.78, 5) is 0. The van der Waals surface area contributed by atoms with Gasteiger partial charge in [0.25, 0.3) is 0 Å². The molecule has 0 radical (unpaired) electrons. The molecule has 23 heavy (non-hydrogen) atoms. The van der Waals surface area contributed by atoms with Crippen LogP contribution < -0.4 is 4.74 Å². The third-order valence-corrected chi connectivity index (χ3v) is 3.49. The molecule has 2 aromatic rings. The van der Waals surface area contributed by atoms with E-state index in [1.807, 2.05) is 6.92 Å². The van der Waals surface area contributed by atoms with Crippen molar-refractivity contribution < 1.29 is 23.0 Å². The van der Waals surface area contributed by atoms with Crippen molar-refractivity contribution in [2.75, 3.05) is 0 Å². The van der Waals surface area contributed by atoms with Crippen LogP contribution in [0, 0.1) is 0 Å². The average Bonchev–Trinajstić information content (AvgIpc) is 2.53. The molecule has 0 bridgehead atoms. The van der Waals surface area contributed by atoms with Gasteiger partial charge < -0.3 is 9.84 Å². The molecule has 1 atom stereocenters. The Bertz CT molecular complexity index is 621. The van der Waals surface area contributed by atoms with Gasteiger partial charge in [-0.2, -0.15) is 13.2 Å². The highest BCUT2D eigenvalue weighted by Crippen LogP contribution is 2.30. The lowest BCUT2D eigenvalue weighted by atomic mass is 10.1. The van der Waals surface area contributed by atoms with E-state index in [0.29, 0.717) is 17.7 Å². The minimum absolute atomic E-state index is 0.0563. The summed E-state index contributed by atoms with van der Waals surface area (Å²) in [7, 11) is 0. The molecule has 0 aromatic heterocycles. The molecule has 2 aromatic carbocycles. The molecule has 0 aliphatic rings. The molecule has 1 N–H and O–H groups in total. The third-order valence-electron chi connectivity index (χ3n) is 3.49. The molecule has 1 unspecified atom stereocenters. The van der Waals surface area contributed by atoms with Gasteiger partial charge >= 0.3 is 6.18 Å². The quantitative estimate of drug-likeness (QED) is 0.799. The van der Waals surface area contributed by atoms with Crippen molar-refractivity contribution in [1.82, 2.24) is 0 Å². The zero-order chi connectivity index (χ0) is 16.9. The van der Waals surface area contributed by atoms with Crippen LogP contribution in [0.15, 0.2) is 48.5 Å². The molecule has 2 rings (SSSR count). The van der Waals surface area contributed by atoms with Crippen LogP contribution in [0.5, 0.6) is 5.75 Å². The van der Waals surface area contributed by atoms with E-state index in [-0.39, 0.29) is 6.61 Å². The Hall–Kier alpha value is -2.01. The van der Waals surface area contributed by atoms with E-state index in [2.05, 4.69) is 0 Å². The van der Waals surface area contributed by atoms with Crippen molar-refractivity contribution in [3.05, 3.63) is 65.2 Å². The van der Waals surface area contributed by atoms with Crippen molar-refractivity contribution in [1.29, 1.82) is 0 Å². The summed E-state index contributed by atoms with van der Waals surface area (Å²) in [6, 6.07) is 12.0. The number of hydrogen-bond donors (Lipinski definition) is 1. The van der Waals surface area contributed by atoms with Crippen LogP contribution in [-0.2, 0) is 12.8 Å². The second kappa shape index (κ2) is 7.51. The highest BCUT2D eigenvalue weighted by Gasteiger charge is 2.30. The summed E-state index contributed by atoms with van der Waals surface area (Å²) in [6.07, 6.45) is -3.29. The molecule has 0 aliphatic heterocycles. The molecule has 0 spiro atoms. The maximum atomic E-state index is 12.6. The van der Waals surface area contributed by atoms with E-state index in [1.165, 1.54) is 6.07 Å². The minimum atomic E-state index is -4.35. The molecular formula is C18H19F3O2. The van der Waals surface area contributed by atoms with Gasteiger partial charge in [0.05, 0.1) is 11.7 Å². The predicted octanol–water partition coefficient (Wildman–Crippen LogP) is 5.12. The Kier molecular flexibility index (Phi) is 5.66. The fourth-order valence-corrected chi connectivity index (χ4v) is 2.23. The summed E-state index contributed by atoms with van der Waals surface area (Å²) in [6.45, 7) is 2.05. The predicted molar refractivity (Wildman–Crippen MR) is 82.1 cm³/mol. The molecule has 0 saturated carbocycles. The molecule has 0 saturated heterocycles. The largest absolute Gasteiger partial charge is 0.489 e. The van der Waals surface area contributed by atoms with Crippen LogP contribution in [0.3, 0.4) is 0 Å². The van der Waals surface area contributed by atoms with Gasteiger partial charge in [-0.25, -0.2) is 0 Å². The average molecular weight is 324 g/mol. The molecule has 2 nitrogen and oxygen atoms in total. The molecular weight excluding hydrogens is 305 g/mol. The monoisotopic (exact) mass is 324 g/mol. The van der Waals surface area contributed by atoms with Gasteiger partial charge in [0.2, 0.25) is 0 Å². The zero-order valence-corrected chi connectivity index (χ0v) is 12.8. The maximum Gasteiger partial charge on any atom is 0.416 e. The fourth-order valence-electron chi connectivity index (χ4n) is 2.23. The molecule has 0 fully saturated rings. The number of aliphatic hydroxyl groups excluding tert-OH is 1. The second-order valence-corrected chi connectivity index (χ2v) is 5.36. The highest BCUT2D eigenvalue weighted by molar-refractivity contribution is 5.30. The summed E-state index contributed by atoms with van der Waals surface area (Å²) < 4.78 is 43.5. The van der Waals surface area contributed by atoms with E-state index in [0.717, 1.165) is 24.1 Å². The Morgan fingerprint density at radius 3 is 2.39 bits per heavy atom. The lowest BCUT2D eigenvalue weighted by Gasteiger charge is -2.12. The number of aliphatic hydroxyl groups is 1. The molecule has 5 heteroatoms. The first-order valence-corrected chi connectivity index (χ1v) is 7.47. The van der Waals surface area contributed by atoms with Crippen molar-refractivity contribution in [2.24, 2.45) is 0 Å². The van der Waals surface area contributed by atoms with Gasteiger partial charge in [-0.05, 0) is 41.8 Å². The number of rotatable bonds is 6. The topological polar surface area (TPSA) is 29.5 Å². The minimum Gasteiger partial charge on any atom is -0.489 e. The van der Waals surface area contributed by atoms with Gasteiger partial charge in [0.1, 0.15) is 12.4 Å². The van der Waals surface area contributed by atoms with E-state index in [9.17, 15) is 18.3 Å². The number of hydrogen-bond acceptors (Lipinski definition) is 2. The van der Waals surface area contributed by atoms with Crippen LogP contribution in [0.1, 0.15) is 42.6 Å². The van der Waals surface area contributed by atoms with Gasteiger partial charge in [0, 0.05) is 0 Å². The lowest BCUT2D eigenvalue weighted by molar-refractivity contribution is -0.137. The first kappa shape index (κ1) is 17.3. The van der Waals surface area contributed by atoms with Crippen LogP contribution >= 0.6 is 0 Å². The van der Waals surface area contributed by atoms with Gasteiger partial charge in [-0.15, -0.1) is 0 Å². The Balaban J connectivity index is 1.98. The van der Waals surface area contributed by atoms with E-state index >= 15 is 0 Å². The van der Waals surface area contributed by atoms with Gasteiger partial charge in [-0.1, -0.05) is 37.6 Å². The van der Waals surface area contributed by atoms with Crippen LogP contribution in [0.4, 0.5) is 13.2 Å². The highest BCUT2D eigenvalue weighted by atomic mass is 19.4. The van der Waals surface area contributed by atoms with Crippen molar-refractivity contribution >= 4 is 0 Å². The SMILES string of the molecule is CCCC(O)c1ccc(OCc2cccc(C(F)(F)F)c2)cc1. The normalized spacial score (nSPS) is 12.9. The number of alkyl halides is 3. The van der Waals surface area contributed by atoms with E-state index < -0.39 is 17.8 Å². The van der Waals surface area contributed by atoms with E-state index in [4.69, 9.17) is 4.74 Å². The maximum absolute atomic E-state index is 12.6. The zero-order valence-electron chi connectivity index (χ0n) is 12.8. The standard InChI is InChI=1S/C18H19F3O2/c1-2-4-17(22)14-7-9-16(10-8-14)23-12-13-5-3-6-15(11-13)18(19,20)21/h3,5-11,17,22H,2,4,12H2,1H3. The summed E-state index contributed by atoms with van der Waals surface area (Å²) in [5.74, 6) is 0.551. The van der Waals surface area contributed by atoms with Crippen LogP contribution in [0.25, 0.3) is 0 Å². The number of ether oxygens (including phenoxy) is 1.